The first-order chi connectivity index (χ1) is 11.6. The number of benzene rings is 2. The first-order valence-corrected chi connectivity index (χ1v) is 7.22. The van der Waals surface area contributed by atoms with E-state index in [-0.39, 0.29) is 24.6 Å². The van der Waals surface area contributed by atoms with Crippen LogP contribution in [0.1, 0.15) is 16.7 Å². The summed E-state index contributed by atoms with van der Waals surface area (Å²) in [4.78, 5) is 14.8. The van der Waals surface area contributed by atoms with Crippen molar-refractivity contribution in [1.29, 1.82) is 0 Å². The number of hydrogen-bond donors (Lipinski definition) is 1. The number of rotatable bonds is 6. The summed E-state index contributed by atoms with van der Waals surface area (Å²) in [6.45, 7) is 2.10. The molecule has 2 rings (SSSR count). The van der Waals surface area contributed by atoms with E-state index in [9.17, 15) is 9.18 Å². The molecule has 0 atom stereocenters. The zero-order chi connectivity index (χ0) is 17.9. The molecular formula is C18H21FO5. The minimum Gasteiger partial charge on any atom is -0.493 e. The van der Waals surface area contributed by atoms with E-state index in [0.29, 0.717) is 11.3 Å². The molecule has 0 spiro atoms. The smallest absolute Gasteiger partial charge is 0.212 e. The van der Waals surface area contributed by atoms with E-state index in [1.54, 1.807) is 18.2 Å². The van der Waals surface area contributed by atoms with E-state index in [2.05, 4.69) is 4.89 Å². The Morgan fingerprint density at radius 3 is 2.42 bits per heavy atom. The Kier molecular flexibility index (Phi) is 8.46. The van der Waals surface area contributed by atoms with Crippen molar-refractivity contribution >= 4 is 6.29 Å². The molecule has 0 unspecified atom stereocenters. The van der Waals surface area contributed by atoms with E-state index in [1.807, 2.05) is 13.0 Å². The Morgan fingerprint density at radius 1 is 1.21 bits per heavy atom. The van der Waals surface area contributed by atoms with Gasteiger partial charge in [-0.3, -0.25) is 0 Å². The van der Waals surface area contributed by atoms with Crippen molar-refractivity contribution < 1.29 is 28.8 Å². The van der Waals surface area contributed by atoms with Gasteiger partial charge in [0.25, 0.3) is 0 Å². The highest BCUT2D eigenvalue weighted by Gasteiger charge is 2.15. The molecule has 130 valence electrons. The predicted molar refractivity (Wildman–Crippen MR) is 87.9 cm³/mol. The molecule has 0 aliphatic carbocycles. The van der Waals surface area contributed by atoms with Gasteiger partial charge in [0.2, 0.25) is 5.75 Å². The molecular weight excluding hydrogens is 315 g/mol. The lowest BCUT2D eigenvalue weighted by molar-refractivity contribution is -0.140. The van der Waals surface area contributed by atoms with Crippen LogP contribution in [0.4, 0.5) is 4.39 Å². The van der Waals surface area contributed by atoms with Gasteiger partial charge in [-0.15, -0.1) is 0 Å². The van der Waals surface area contributed by atoms with Gasteiger partial charge in [0, 0.05) is 19.1 Å². The molecule has 0 aromatic heterocycles. The maximum Gasteiger partial charge on any atom is 0.212 e. The summed E-state index contributed by atoms with van der Waals surface area (Å²) in [5, 5.41) is 8.83. The monoisotopic (exact) mass is 336 g/mol. The van der Waals surface area contributed by atoms with Crippen LogP contribution >= 0.6 is 0 Å². The van der Waals surface area contributed by atoms with Gasteiger partial charge < -0.3 is 19.2 Å². The van der Waals surface area contributed by atoms with Crippen molar-refractivity contribution in [2.75, 3.05) is 14.2 Å². The van der Waals surface area contributed by atoms with E-state index in [4.69, 9.17) is 14.7 Å². The van der Waals surface area contributed by atoms with Crippen LogP contribution in [0.5, 0.6) is 11.5 Å². The SMILES string of the molecule is COCc1c(CC=O)ccc(OC)c1OO.Cc1cccc(F)c1. The van der Waals surface area contributed by atoms with Crippen molar-refractivity contribution in [2.24, 2.45) is 0 Å². The Morgan fingerprint density at radius 2 is 1.96 bits per heavy atom. The van der Waals surface area contributed by atoms with E-state index < -0.39 is 0 Å². The van der Waals surface area contributed by atoms with Gasteiger partial charge in [-0.1, -0.05) is 18.2 Å². The molecule has 0 amide bonds. The molecule has 0 aliphatic rings. The molecule has 0 saturated carbocycles. The summed E-state index contributed by atoms with van der Waals surface area (Å²) in [5.74, 6) is 0.415. The fourth-order valence-corrected chi connectivity index (χ4v) is 2.10. The molecule has 2 aromatic rings. The molecule has 1 N–H and O–H groups in total. The second kappa shape index (κ2) is 10.4. The van der Waals surface area contributed by atoms with Crippen LogP contribution in [0.2, 0.25) is 0 Å². The Labute approximate surface area is 140 Å². The molecule has 0 aliphatic heterocycles. The van der Waals surface area contributed by atoms with Gasteiger partial charge in [0.15, 0.2) is 5.75 Å². The number of halogens is 1. The standard InChI is InChI=1S/C11H14O5.C7H7F/c1-14-7-9-8(5-6-12)3-4-10(15-2)11(9)16-13;1-6-3-2-4-7(8)5-6/h3-4,6,13H,5,7H2,1-2H3;2-5H,1H3. The van der Waals surface area contributed by atoms with Gasteiger partial charge in [0.05, 0.1) is 13.7 Å². The van der Waals surface area contributed by atoms with Crippen LogP contribution in [0, 0.1) is 12.7 Å². The summed E-state index contributed by atoms with van der Waals surface area (Å²) in [6, 6.07) is 9.87. The van der Waals surface area contributed by atoms with Gasteiger partial charge >= 0.3 is 0 Å². The average Bonchev–Trinajstić information content (AvgIpc) is 2.56. The van der Waals surface area contributed by atoms with E-state index >= 15 is 0 Å². The first-order valence-electron chi connectivity index (χ1n) is 7.22. The van der Waals surface area contributed by atoms with Gasteiger partial charge in [-0.05, 0) is 36.2 Å². The molecule has 0 bridgehead atoms. The fraction of sp³-hybridized carbons (Fsp3) is 0.278. The number of aryl methyl sites for hydroxylation is 1. The molecule has 0 fully saturated rings. The highest BCUT2D eigenvalue weighted by atomic mass is 19.1. The highest BCUT2D eigenvalue weighted by molar-refractivity contribution is 5.60. The summed E-state index contributed by atoms with van der Waals surface area (Å²) >= 11 is 0. The average molecular weight is 336 g/mol. The number of carbonyl (C=O) groups excluding carboxylic acids is 1. The van der Waals surface area contributed by atoms with Crippen LogP contribution in [0.3, 0.4) is 0 Å². The minimum absolute atomic E-state index is 0.162. The van der Waals surface area contributed by atoms with Crippen LogP contribution in [0.15, 0.2) is 36.4 Å². The van der Waals surface area contributed by atoms with Crippen molar-refractivity contribution in [3.05, 3.63) is 58.9 Å². The van der Waals surface area contributed by atoms with E-state index in [0.717, 1.165) is 17.4 Å². The number of aldehydes is 1. The van der Waals surface area contributed by atoms with Crippen molar-refractivity contribution in [1.82, 2.24) is 0 Å². The summed E-state index contributed by atoms with van der Waals surface area (Å²) in [7, 11) is 2.99. The van der Waals surface area contributed by atoms with Gasteiger partial charge in [-0.2, -0.15) is 0 Å². The maximum atomic E-state index is 12.2. The number of hydrogen-bond acceptors (Lipinski definition) is 5. The molecule has 6 heteroatoms. The number of carbonyl (C=O) groups is 1. The third-order valence-corrected chi connectivity index (χ3v) is 3.20. The summed E-state index contributed by atoms with van der Waals surface area (Å²) < 4.78 is 22.2. The third kappa shape index (κ3) is 5.64. The topological polar surface area (TPSA) is 65.0 Å². The number of methoxy groups -OCH3 is 2. The zero-order valence-corrected chi connectivity index (χ0v) is 13.9. The van der Waals surface area contributed by atoms with Crippen molar-refractivity contribution in [3.8, 4) is 11.5 Å². The lowest BCUT2D eigenvalue weighted by Gasteiger charge is -2.13. The highest BCUT2D eigenvalue weighted by Crippen LogP contribution is 2.33. The number of ether oxygens (including phenoxy) is 2. The molecule has 0 heterocycles. The van der Waals surface area contributed by atoms with Crippen LogP contribution in [-0.4, -0.2) is 25.8 Å². The molecule has 5 nitrogen and oxygen atoms in total. The molecule has 2 aromatic carbocycles. The van der Waals surface area contributed by atoms with Crippen LogP contribution < -0.4 is 9.62 Å². The second-order valence-electron chi connectivity index (χ2n) is 4.93. The zero-order valence-electron chi connectivity index (χ0n) is 13.9. The Balaban J connectivity index is 0.000000300. The maximum absolute atomic E-state index is 12.2. The fourth-order valence-electron chi connectivity index (χ4n) is 2.10. The third-order valence-electron chi connectivity index (χ3n) is 3.20. The minimum atomic E-state index is -0.162. The predicted octanol–water partition coefficient (Wildman–Crippen LogP) is 3.57. The quantitative estimate of drug-likeness (QED) is 0.496. The molecule has 24 heavy (non-hydrogen) atoms. The molecule has 0 radical (unpaired) electrons. The second-order valence-corrected chi connectivity index (χ2v) is 4.93. The van der Waals surface area contributed by atoms with Crippen molar-refractivity contribution in [2.45, 2.75) is 20.0 Å². The Hall–Kier alpha value is -2.44. The molecule has 0 saturated heterocycles. The lowest BCUT2D eigenvalue weighted by atomic mass is 10.0. The van der Waals surface area contributed by atoms with Gasteiger partial charge in [-0.25, -0.2) is 9.65 Å². The largest absolute Gasteiger partial charge is 0.493 e. The van der Waals surface area contributed by atoms with Crippen LogP contribution in [-0.2, 0) is 22.6 Å². The van der Waals surface area contributed by atoms with Crippen molar-refractivity contribution in [3.63, 3.8) is 0 Å². The summed E-state index contributed by atoms with van der Waals surface area (Å²) in [5.41, 5.74) is 2.31. The Bertz CT molecular complexity index is 641. The lowest BCUT2D eigenvalue weighted by Crippen LogP contribution is -2.03. The first kappa shape index (κ1) is 19.6. The van der Waals surface area contributed by atoms with Crippen LogP contribution in [0.25, 0.3) is 0 Å². The van der Waals surface area contributed by atoms with Gasteiger partial charge in [0.1, 0.15) is 12.1 Å². The summed E-state index contributed by atoms with van der Waals surface area (Å²) in [6.07, 6.45) is 1.02. The normalized spacial score (nSPS) is 9.71. The van der Waals surface area contributed by atoms with E-state index in [1.165, 1.54) is 26.4 Å².